The summed E-state index contributed by atoms with van der Waals surface area (Å²) < 4.78 is 0. The summed E-state index contributed by atoms with van der Waals surface area (Å²) in [4.78, 5) is 5.08. The Morgan fingerprint density at radius 2 is 0.741 bits per heavy atom. The molecule has 0 aromatic heterocycles. The van der Waals surface area contributed by atoms with Crippen molar-refractivity contribution in [1.82, 2.24) is 0 Å². The van der Waals surface area contributed by atoms with Gasteiger partial charge in [-0.25, -0.2) is 0 Å². The number of benzene rings is 9. The van der Waals surface area contributed by atoms with E-state index in [1.165, 1.54) is 69.9 Å². The molecule has 274 valence electrons. The molecule has 1 spiro atoms. The zero-order chi connectivity index (χ0) is 38.5. The van der Waals surface area contributed by atoms with E-state index in [0.29, 0.717) is 0 Å². The van der Waals surface area contributed by atoms with Crippen LogP contribution in [-0.4, -0.2) is 8.80 Å². The van der Waals surface area contributed by atoms with E-state index in [-0.39, 0.29) is 0 Å². The summed E-state index contributed by atoms with van der Waals surface area (Å²) in [7, 11) is -1.91. The Labute approximate surface area is 346 Å². The van der Waals surface area contributed by atoms with Gasteiger partial charge in [0.05, 0.1) is 5.41 Å². The van der Waals surface area contributed by atoms with Crippen molar-refractivity contribution in [2.75, 3.05) is 4.90 Å². The van der Waals surface area contributed by atoms with Gasteiger partial charge in [0.2, 0.25) is 0 Å². The average molecular weight is 774 g/mol. The third kappa shape index (κ3) is 5.61. The highest BCUT2D eigenvalue weighted by molar-refractivity contribution is 7.99. The summed E-state index contributed by atoms with van der Waals surface area (Å²) in [5.74, 6) is 0. The van der Waals surface area contributed by atoms with Crippen LogP contribution < -0.4 is 20.5 Å². The minimum atomic E-state index is -1.91. The molecule has 9 aromatic rings. The molecule has 0 bridgehead atoms. The van der Waals surface area contributed by atoms with E-state index >= 15 is 0 Å². The quantitative estimate of drug-likeness (QED) is 0.155. The summed E-state index contributed by atoms with van der Waals surface area (Å²) in [5.41, 5.74) is 13.2. The predicted octanol–water partition coefficient (Wildman–Crippen LogP) is 11.9. The predicted molar refractivity (Wildman–Crippen MR) is 247 cm³/mol. The van der Waals surface area contributed by atoms with Gasteiger partial charge in [0, 0.05) is 26.9 Å². The second-order valence-corrected chi connectivity index (χ2v) is 19.1. The monoisotopic (exact) mass is 773 g/mol. The molecule has 2 aliphatic rings. The highest BCUT2D eigenvalue weighted by Gasteiger charge is 2.51. The first kappa shape index (κ1) is 34.6. The number of hydrogen-bond donors (Lipinski definition) is 0. The molecule has 0 amide bonds. The molecule has 3 heteroatoms. The molecule has 1 nitrogen and oxygen atoms in total. The minimum Gasteiger partial charge on any atom is -0.310 e. The van der Waals surface area contributed by atoms with Gasteiger partial charge >= 0.3 is 0 Å². The molecule has 0 fully saturated rings. The summed E-state index contributed by atoms with van der Waals surface area (Å²) in [6.45, 7) is 0. The van der Waals surface area contributed by atoms with E-state index in [4.69, 9.17) is 0 Å². The van der Waals surface area contributed by atoms with Gasteiger partial charge in [-0.3, -0.25) is 0 Å². The zero-order valence-electron chi connectivity index (χ0n) is 31.9. The molecule has 0 N–H and O–H groups in total. The lowest BCUT2D eigenvalue weighted by molar-refractivity contribution is 0.708. The van der Waals surface area contributed by atoms with E-state index in [1.54, 1.807) is 0 Å². The Balaban J connectivity index is 1.18. The fourth-order valence-corrected chi connectivity index (χ4v) is 14.2. The lowest BCUT2D eigenvalue weighted by Crippen LogP contribution is -2.62. The number of anilines is 3. The van der Waals surface area contributed by atoms with Crippen LogP contribution in [0.25, 0.3) is 22.3 Å². The molecule has 2 heterocycles. The van der Waals surface area contributed by atoms with Crippen LogP contribution in [0.1, 0.15) is 22.3 Å². The van der Waals surface area contributed by atoms with Crippen LogP contribution in [0.4, 0.5) is 17.1 Å². The molecule has 1 atom stereocenters. The van der Waals surface area contributed by atoms with Crippen molar-refractivity contribution >= 4 is 53.2 Å². The molecular formula is C55H39NSSi. The number of nitrogens with zero attached hydrogens (tertiary/aromatic N) is 1. The maximum absolute atomic E-state index is 2.55. The SMILES string of the molecule is c1ccc(-c2ccc(N(c3ccc(-c4ccccc4)cc3)c3ccc4c(c3)C3(c5ccccc5Sc5ccccc53)c3ccccc3[SiH]4c3ccccc3)cc2)cc1. The van der Waals surface area contributed by atoms with Crippen LogP contribution in [0, 0.1) is 0 Å². The van der Waals surface area contributed by atoms with Crippen LogP contribution in [0.3, 0.4) is 0 Å². The van der Waals surface area contributed by atoms with Gasteiger partial charge in [-0.2, -0.15) is 0 Å². The van der Waals surface area contributed by atoms with Gasteiger partial charge < -0.3 is 4.90 Å². The number of fused-ring (bicyclic) bond motifs is 8. The molecule has 9 aromatic carbocycles. The third-order valence-electron chi connectivity index (χ3n) is 12.1. The lowest BCUT2D eigenvalue weighted by Gasteiger charge is -2.48. The van der Waals surface area contributed by atoms with Gasteiger partial charge in [-0.15, -0.1) is 0 Å². The third-order valence-corrected chi connectivity index (χ3v) is 16.5. The van der Waals surface area contributed by atoms with Crippen molar-refractivity contribution in [3.63, 3.8) is 0 Å². The van der Waals surface area contributed by atoms with E-state index in [1.807, 2.05) is 11.8 Å². The van der Waals surface area contributed by atoms with Crippen molar-refractivity contribution in [3.05, 3.63) is 253 Å². The first-order chi connectivity index (χ1) is 28.8. The molecule has 1 unspecified atom stereocenters. The molecule has 58 heavy (non-hydrogen) atoms. The highest BCUT2D eigenvalue weighted by atomic mass is 32.2. The number of rotatable bonds is 6. The van der Waals surface area contributed by atoms with Gasteiger partial charge in [-0.1, -0.05) is 199 Å². The lowest BCUT2D eigenvalue weighted by atomic mass is 9.64. The van der Waals surface area contributed by atoms with Gasteiger partial charge in [0.1, 0.15) is 8.80 Å². The van der Waals surface area contributed by atoms with E-state index < -0.39 is 14.2 Å². The van der Waals surface area contributed by atoms with Gasteiger partial charge in [-0.05, 0) is 103 Å². The minimum absolute atomic E-state index is 0.501. The summed E-state index contributed by atoms with van der Waals surface area (Å²) in [6.07, 6.45) is 0. The van der Waals surface area contributed by atoms with Gasteiger partial charge in [0.25, 0.3) is 0 Å². The summed E-state index contributed by atoms with van der Waals surface area (Å²) in [6, 6.07) is 85.8. The van der Waals surface area contributed by atoms with Crippen LogP contribution >= 0.6 is 11.8 Å². The molecular weight excluding hydrogens is 735 g/mol. The van der Waals surface area contributed by atoms with Crippen LogP contribution in [0.2, 0.25) is 0 Å². The molecule has 0 radical (unpaired) electrons. The topological polar surface area (TPSA) is 3.24 Å². The van der Waals surface area contributed by atoms with E-state index in [2.05, 4.69) is 235 Å². The molecule has 2 aliphatic heterocycles. The second kappa shape index (κ2) is 14.4. The molecule has 0 aliphatic carbocycles. The van der Waals surface area contributed by atoms with Crippen molar-refractivity contribution in [1.29, 1.82) is 0 Å². The molecule has 0 saturated heterocycles. The zero-order valence-corrected chi connectivity index (χ0v) is 33.8. The Bertz CT molecular complexity index is 2780. The van der Waals surface area contributed by atoms with Crippen molar-refractivity contribution in [3.8, 4) is 22.3 Å². The normalized spacial score (nSPS) is 14.4. The second-order valence-electron chi connectivity index (χ2n) is 15.2. The Morgan fingerprint density at radius 1 is 0.328 bits per heavy atom. The van der Waals surface area contributed by atoms with Crippen molar-refractivity contribution in [2.45, 2.75) is 15.2 Å². The maximum atomic E-state index is 2.55. The summed E-state index contributed by atoms with van der Waals surface area (Å²) in [5, 5.41) is 4.41. The Kier molecular flexibility index (Phi) is 8.57. The molecule has 0 saturated carbocycles. The fourth-order valence-electron chi connectivity index (χ4n) is 9.56. The standard InChI is InChI=1S/C55H39NSSi/c1-4-16-39(17-5-1)41-28-32-43(33-29-41)56(44-34-30-42(31-35-44)40-18-6-2-7-19-40)45-36-37-54-50(38-45)55(47-22-10-13-25-51(47)57-52-26-14-11-23-48(52)55)49-24-12-15-27-53(49)58(54)46-20-8-3-9-21-46/h1-38,58H. The van der Waals surface area contributed by atoms with Crippen LogP contribution in [-0.2, 0) is 5.41 Å². The molecule has 11 rings (SSSR count). The first-order valence-electron chi connectivity index (χ1n) is 20.0. The highest BCUT2D eigenvalue weighted by Crippen LogP contribution is 2.56. The maximum Gasteiger partial charge on any atom is 0.133 e. The average Bonchev–Trinajstić information content (AvgIpc) is 3.30. The fraction of sp³-hybridized carbons (Fsp3) is 0.0182. The smallest absolute Gasteiger partial charge is 0.133 e. The number of hydrogen-bond acceptors (Lipinski definition) is 2. The largest absolute Gasteiger partial charge is 0.310 e. The van der Waals surface area contributed by atoms with Crippen molar-refractivity contribution < 1.29 is 0 Å². The van der Waals surface area contributed by atoms with Crippen LogP contribution in [0.15, 0.2) is 240 Å². The van der Waals surface area contributed by atoms with E-state index in [9.17, 15) is 0 Å². The Hall–Kier alpha value is -6.65. The first-order valence-corrected chi connectivity index (χ1v) is 22.6. The Morgan fingerprint density at radius 3 is 1.29 bits per heavy atom. The van der Waals surface area contributed by atoms with Gasteiger partial charge in [0.15, 0.2) is 0 Å². The van der Waals surface area contributed by atoms with Crippen LogP contribution in [0.5, 0.6) is 0 Å². The summed E-state index contributed by atoms with van der Waals surface area (Å²) >= 11 is 1.90. The van der Waals surface area contributed by atoms with E-state index in [0.717, 1.165) is 17.1 Å². The van der Waals surface area contributed by atoms with Crippen molar-refractivity contribution in [2.24, 2.45) is 0 Å².